The van der Waals surface area contributed by atoms with Gasteiger partial charge < -0.3 is 25.3 Å². The van der Waals surface area contributed by atoms with E-state index in [2.05, 4.69) is 24.5 Å². The Hall–Kier alpha value is -3.46. The molecule has 0 fully saturated rings. The molecule has 5 heterocycles. The molecule has 0 unspecified atom stereocenters. The summed E-state index contributed by atoms with van der Waals surface area (Å²) in [6, 6.07) is 5.89. The van der Waals surface area contributed by atoms with E-state index in [4.69, 9.17) is 5.73 Å². The first kappa shape index (κ1) is 18.6. The van der Waals surface area contributed by atoms with Crippen LogP contribution in [0.1, 0.15) is 26.5 Å². The van der Waals surface area contributed by atoms with E-state index < -0.39 is 11.6 Å². The molecular formula is C21H23N7O2. The molecule has 5 rings (SSSR count). The normalized spacial score (nSPS) is 16.7. The van der Waals surface area contributed by atoms with E-state index in [1.165, 1.54) is 13.3 Å². The zero-order valence-corrected chi connectivity index (χ0v) is 17.0. The third kappa shape index (κ3) is 2.58. The molecule has 154 valence electrons. The lowest BCUT2D eigenvalue weighted by molar-refractivity contribution is -0.142. The van der Waals surface area contributed by atoms with Crippen molar-refractivity contribution in [3.63, 3.8) is 0 Å². The van der Waals surface area contributed by atoms with Gasteiger partial charge in [-0.15, -0.1) is 0 Å². The van der Waals surface area contributed by atoms with Crippen LogP contribution in [-0.2, 0) is 16.9 Å². The van der Waals surface area contributed by atoms with E-state index in [9.17, 15) is 9.90 Å². The molecule has 9 nitrogen and oxygen atoms in total. The smallest absolute Gasteiger partial charge is 0.251 e. The minimum Gasteiger partial charge on any atom is -0.384 e. The van der Waals surface area contributed by atoms with E-state index in [-0.39, 0.29) is 5.91 Å². The predicted octanol–water partition coefficient (Wildman–Crippen LogP) is 2.01. The van der Waals surface area contributed by atoms with Crippen LogP contribution in [0.15, 0.2) is 30.7 Å². The lowest BCUT2D eigenvalue weighted by Crippen LogP contribution is -2.51. The second-order valence-corrected chi connectivity index (χ2v) is 8.42. The Balaban J connectivity index is 1.83. The lowest BCUT2D eigenvalue weighted by atomic mass is 9.98. The third-order valence-corrected chi connectivity index (χ3v) is 5.73. The average Bonchev–Trinajstić information content (AvgIpc) is 3.26. The number of hydrogen-bond donors (Lipinski definition) is 3. The molecule has 0 bridgehead atoms. The molecule has 1 amide bonds. The second kappa shape index (κ2) is 6.27. The van der Waals surface area contributed by atoms with Crippen molar-refractivity contribution in [3.8, 4) is 11.3 Å². The molecule has 0 saturated carbocycles. The Morgan fingerprint density at radius 3 is 2.87 bits per heavy atom. The number of aromatic nitrogens is 5. The first-order valence-corrected chi connectivity index (χ1v) is 9.83. The number of pyridine rings is 1. The largest absolute Gasteiger partial charge is 0.384 e. The van der Waals surface area contributed by atoms with Crippen LogP contribution >= 0.6 is 0 Å². The van der Waals surface area contributed by atoms with Crippen molar-refractivity contribution < 1.29 is 9.90 Å². The van der Waals surface area contributed by atoms with Gasteiger partial charge >= 0.3 is 0 Å². The third-order valence-electron chi connectivity index (χ3n) is 5.73. The molecule has 4 aromatic heterocycles. The molecule has 1 aliphatic rings. The average molecular weight is 405 g/mol. The molecule has 1 aliphatic heterocycles. The molecule has 0 aliphatic carbocycles. The van der Waals surface area contributed by atoms with Crippen LogP contribution < -0.4 is 5.73 Å². The van der Waals surface area contributed by atoms with E-state index >= 15 is 0 Å². The summed E-state index contributed by atoms with van der Waals surface area (Å²) in [5.74, 6) is 0.0793. The van der Waals surface area contributed by atoms with Crippen molar-refractivity contribution in [1.29, 1.82) is 0 Å². The van der Waals surface area contributed by atoms with Gasteiger partial charge in [-0.25, -0.2) is 15.0 Å². The molecule has 9 heteroatoms. The number of nitrogen functional groups attached to an aromatic ring is 1. The summed E-state index contributed by atoms with van der Waals surface area (Å²) in [6.07, 6.45) is 2.13. The standard InChI is InChI=1S/C21H23N7O2/c1-11(29)20(30)27-8-14-15(13-7-12-5-4-6-23-18(12)26-13)16-17(22)24-10-25-19(16)28(14)21(2,3)9-27/h4-7,10-11,29H,8-9H2,1-3H3,(H,23,26)(H2,22,24,25)/t11-/m1/s1. The molecule has 0 spiro atoms. The van der Waals surface area contributed by atoms with Gasteiger partial charge in [0.15, 0.2) is 0 Å². The van der Waals surface area contributed by atoms with Crippen molar-refractivity contribution >= 4 is 33.8 Å². The fourth-order valence-electron chi connectivity index (χ4n) is 4.56. The quantitative estimate of drug-likeness (QED) is 0.468. The summed E-state index contributed by atoms with van der Waals surface area (Å²) in [4.78, 5) is 30.9. The number of carbonyl (C=O) groups is 1. The Morgan fingerprint density at radius 2 is 2.13 bits per heavy atom. The van der Waals surface area contributed by atoms with Crippen LogP contribution in [0.2, 0.25) is 0 Å². The number of hydrogen-bond acceptors (Lipinski definition) is 6. The van der Waals surface area contributed by atoms with Gasteiger partial charge in [-0.2, -0.15) is 0 Å². The Bertz CT molecular complexity index is 1270. The maximum absolute atomic E-state index is 12.7. The van der Waals surface area contributed by atoms with E-state index in [1.807, 2.05) is 32.0 Å². The monoisotopic (exact) mass is 405 g/mol. The maximum Gasteiger partial charge on any atom is 0.251 e. The van der Waals surface area contributed by atoms with Crippen LogP contribution in [0.5, 0.6) is 0 Å². The van der Waals surface area contributed by atoms with Crippen molar-refractivity contribution in [2.24, 2.45) is 0 Å². The summed E-state index contributed by atoms with van der Waals surface area (Å²) >= 11 is 0. The number of aromatic amines is 1. The highest BCUT2D eigenvalue weighted by Gasteiger charge is 2.39. The number of aliphatic hydroxyl groups excluding tert-OH is 1. The van der Waals surface area contributed by atoms with Gasteiger partial charge in [-0.3, -0.25) is 4.79 Å². The highest BCUT2D eigenvalue weighted by Crippen LogP contribution is 2.43. The van der Waals surface area contributed by atoms with Gasteiger partial charge in [0.25, 0.3) is 5.91 Å². The summed E-state index contributed by atoms with van der Waals surface area (Å²) in [7, 11) is 0. The number of amides is 1. The zero-order valence-electron chi connectivity index (χ0n) is 17.0. The fourth-order valence-corrected chi connectivity index (χ4v) is 4.56. The number of fused-ring (bicyclic) bond motifs is 4. The van der Waals surface area contributed by atoms with Gasteiger partial charge in [0.05, 0.1) is 23.2 Å². The molecule has 4 N–H and O–H groups in total. The highest BCUT2D eigenvalue weighted by atomic mass is 16.3. The van der Waals surface area contributed by atoms with Crippen molar-refractivity contribution in [1.82, 2.24) is 29.4 Å². The van der Waals surface area contributed by atoms with Crippen LogP contribution in [0.25, 0.3) is 33.3 Å². The van der Waals surface area contributed by atoms with Crippen molar-refractivity contribution in [2.45, 2.75) is 39.0 Å². The summed E-state index contributed by atoms with van der Waals surface area (Å²) in [5.41, 5.74) is 9.95. The molecule has 0 aromatic carbocycles. The number of carbonyl (C=O) groups excluding carboxylic acids is 1. The maximum atomic E-state index is 12.7. The fraction of sp³-hybridized carbons (Fsp3) is 0.333. The zero-order chi connectivity index (χ0) is 21.2. The number of nitrogens with one attached hydrogen (secondary N) is 1. The van der Waals surface area contributed by atoms with Crippen molar-refractivity contribution in [3.05, 3.63) is 36.4 Å². The van der Waals surface area contributed by atoms with Gasteiger partial charge in [0.2, 0.25) is 0 Å². The Morgan fingerprint density at radius 1 is 1.33 bits per heavy atom. The number of aliphatic hydroxyl groups is 1. The summed E-state index contributed by atoms with van der Waals surface area (Å²) < 4.78 is 2.14. The van der Waals surface area contributed by atoms with Gasteiger partial charge in [-0.1, -0.05) is 0 Å². The highest BCUT2D eigenvalue weighted by molar-refractivity contribution is 6.03. The molecule has 0 saturated heterocycles. The summed E-state index contributed by atoms with van der Waals surface area (Å²) in [6.45, 7) is 6.37. The molecule has 0 radical (unpaired) electrons. The minimum absolute atomic E-state index is 0.303. The Labute approximate surface area is 172 Å². The van der Waals surface area contributed by atoms with E-state index in [0.717, 1.165) is 39.0 Å². The van der Waals surface area contributed by atoms with Crippen LogP contribution in [0.3, 0.4) is 0 Å². The number of nitrogens with zero attached hydrogens (tertiary/aromatic N) is 5. The predicted molar refractivity (Wildman–Crippen MR) is 113 cm³/mol. The SMILES string of the molecule is C[C@@H](O)C(=O)N1Cc2c(-c3cc4cccnc4[nH]3)c3c(N)ncnc3n2C(C)(C)C1. The first-order valence-electron chi connectivity index (χ1n) is 9.83. The number of rotatable bonds is 2. The number of H-pyrrole nitrogens is 1. The van der Waals surface area contributed by atoms with Gasteiger partial charge in [0, 0.05) is 29.4 Å². The number of anilines is 1. The van der Waals surface area contributed by atoms with Crippen LogP contribution in [-0.4, -0.2) is 53.1 Å². The molecule has 30 heavy (non-hydrogen) atoms. The summed E-state index contributed by atoms with van der Waals surface area (Å²) in [5, 5.41) is 11.6. The van der Waals surface area contributed by atoms with Gasteiger partial charge in [-0.05, 0) is 39.0 Å². The van der Waals surface area contributed by atoms with E-state index in [0.29, 0.717) is 18.9 Å². The Kier molecular flexibility index (Phi) is 3.88. The second-order valence-electron chi connectivity index (χ2n) is 8.42. The first-order chi connectivity index (χ1) is 14.3. The van der Waals surface area contributed by atoms with E-state index in [1.54, 1.807) is 11.1 Å². The minimum atomic E-state index is -1.07. The van der Waals surface area contributed by atoms with Crippen LogP contribution in [0, 0.1) is 0 Å². The molecular weight excluding hydrogens is 382 g/mol. The molecule has 1 atom stereocenters. The lowest BCUT2D eigenvalue weighted by Gasteiger charge is -2.41. The van der Waals surface area contributed by atoms with Gasteiger partial charge in [0.1, 0.15) is 29.5 Å². The molecule has 4 aromatic rings. The van der Waals surface area contributed by atoms with Crippen LogP contribution in [0.4, 0.5) is 5.82 Å². The topological polar surface area (TPSA) is 126 Å². The van der Waals surface area contributed by atoms with Crippen molar-refractivity contribution in [2.75, 3.05) is 12.3 Å². The number of nitrogens with two attached hydrogens (primary N) is 1.